The molecule has 31 heavy (non-hydrogen) atoms. The second-order valence-corrected chi connectivity index (χ2v) is 8.01. The lowest BCUT2D eigenvalue weighted by atomic mass is 10.2. The average molecular weight is 548 g/mol. The molecule has 2 N–H and O–H groups in total. The van der Waals surface area contributed by atoms with Crippen LogP contribution in [-0.4, -0.2) is 24.6 Å². The first-order valence-corrected chi connectivity index (χ1v) is 10.8. The lowest BCUT2D eigenvalue weighted by Gasteiger charge is -2.09. The van der Waals surface area contributed by atoms with Crippen molar-refractivity contribution in [2.45, 2.75) is 6.61 Å². The van der Waals surface area contributed by atoms with Crippen molar-refractivity contribution in [1.82, 2.24) is 10.7 Å². The number of para-hydroxylation sites is 1. The third-order valence-electron chi connectivity index (χ3n) is 4.15. The summed E-state index contributed by atoms with van der Waals surface area (Å²) >= 11 is 7.97. The lowest BCUT2D eigenvalue weighted by molar-refractivity contribution is -0.120. The first-order chi connectivity index (χ1) is 15.0. The number of halogens is 2. The summed E-state index contributed by atoms with van der Waals surface area (Å²) in [6.07, 6.45) is 1.50. The van der Waals surface area contributed by atoms with Crippen LogP contribution in [0, 0.1) is 3.57 Å². The summed E-state index contributed by atoms with van der Waals surface area (Å²) in [5.41, 5.74) is 4.61. The zero-order valence-electron chi connectivity index (χ0n) is 16.3. The van der Waals surface area contributed by atoms with Gasteiger partial charge in [0.2, 0.25) is 0 Å². The number of hydrogen-bond donors (Lipinski definition) is 2. The van der Waals surface area contributed by atoms with E-state index in [4.69, 9.17) is 16.3 Å². The van der Waals surface area contributed by atoms with Crippen molar-refractivity contribution in [2.24, 2.45) is 5.10 Å². The van der Waals surface area contributed by atoms with Crippen LogP contribution in [0.2, 0.25) is 5.02 Å². The third-order valence-corrected chi connectivity index (χ3v) is 5.34. The molecule has 0 fully saturated rings. The normalized spacial score (nSPS) is 10.6. The van der Waals surface area contributed by atoms with Crippen molar-refractivity contribution in [2.75, 3.05) is 6.54 Å². The Bertz CT molecular complexity index is 1090. The van der Waals surface area contributed by atoms with E-state index in [2.05, 4.69) is 38.4 Å². The molecule has 3 aromatic carbocycles. The van der Waals surface area contributed by atoms with E-state index in [1.165, 1.54) is 6.21 Å². The molecule has 0 aliphatic carbocycles. The molecule has 0 unspecified atom stereocenters. The number of rotatable bonds is 8. The summed E-state index contributed by atoms with van der Waals surface area (Å²) in [4.78, 5) is 24.2. The number of benzene rings is 3. The molecule has 0 bridgehead atoms. The van der Waals surface area contributed by atoms with Crippen LogP contribution >= 0.6 is 34.2 Å². The average Bonchev–Trinajstić information content (AvgIpc) is 2.78. The van der Waals surface area contributed by atoms with Crippen LogP contribution in [0.3, 0.4) is 0 Å². The maximum absolute atomic E-state index is 12.2. The van der Waals surface area contributed by atoms with Gasteiger partial charge in [0.25, 0.3) is 11.8 Å². The molecular weight excluding hydrogens is 529 g/mol. The Hall–Kier alpha value is -2.91. The molecule has 2 amide bonds. The lowest BCUT2D eigenvalue weighted by Crippen LogP contribution is -2.35. The zero-order valence-corrected chi connectivity index (χ0v) is 19.3. The molecule has 0 radical (unpaired) electrons. The number of hydrogen-bond acceptors (Lipinski definition) is 4. The van der Waals surface area contributed by atoms with Crippen LogP contribution in [0.4, 0.5) is 0 Å². The number of nitrogens with zero attached hydrogens (tertiary/aromatic N) is 1. The van der Waals surface area contributed by atoms with Crippen LogP contribution in [0.5, 0.6) is 5.75 Å². The molecular formula is C23H19ClIN3O3. The zero-order chi connectivity index (χ0) is 22.1. The first-order valence-electron chi connectivity index (χ1n) is 9.34. The Morgan fingerprint density at radius 1 is 1.00 bits per heavy atom. The van der Waals surface area contributed by atoms with Crippen LogP contribution in [0.15, 0.2) is 77.9 Å². The minimum Gasteiger partial charge on any atom is -0.488 e. The van der Waals surface area contributed by atoms with Crippen molar-refractivity contribution in [3.63, 3.8) is 0 Å². The van der Waals surface area contributed by atoms with Crippen LogP contribution in [0.25, 0.3) is 0 Å². The van der Waals surface area contributed by atoms with E-state index in [0.717, 1.165) is 9.13 Å². The van der Waals surface area contributed by atoms with Gasteiger partial charge in [-0.15, -0.1) is 0 Å². The van der Waals surface area contributed by atoms with E-state index >= 15 is 0 Å². The summed E-state index contributed by atoms with van der Waals surface area (Å²) in [7, 11) is 0. The summed E-state index contributed by atoms with van der Waals surface area (Å²) in [6, 6.07) is 21.9. The maximum atomic E-state index is 12.2. The highest BCUT2D eigenvalue weighted by atomic mass is 127. The highest BCUT2D eigenvalue weighted by molar-refractivity contribution is 14.1. The first kappa shape index (κ1) is 22.8. The summed E-state index contributed by atoms with van der Waals surface area (Å²) in [5, 5.41) is 7.21. The Kier molecular flexibility index (Phi) is 8.43. The molecule has 3 aromatic rings. The molecule has 0 atom stereocenters. The van der Waals surface area contributed by atoms with Gasteiger partial charge in [-0.1, -0.05) is 48.0 Å². The van der Waals surface area contributed by atoms with Crippen LogP contribution in [0.1, 0.15) is 21.5 Å². The minimum absolute atomic E-state index is 0.185. The highest BCUT2D eigenvalue weighted by Crippen LogP contribution is 2.18. The minimum atomic E-state index is -0.435. The molecule has 0 aliphatic rings. The largest absolute Gasteiger partial charge is 0.488 e. The molecule has 0 spiro atoms. The number of hydrazone groups is 1. The summed E-state index contributed by atoms with van der Waals surface area (Å²) < 4.78 is 6.67. The van der Waals surface area contributed by atoms with Gasteiger partial charge in [-0.3, -0.25) is 9.59 Å². The van der Waals surface area contributed by atoms with E-state index in [1.54, 1.807) is 24.3 Å². The number of nitrogens with one attached hydrogen (secondary N) is 2. The second kappa shape index (κ2) is 11.5. The molecule has 0 saturated heterocycles. The Morgan fingerprint density at radius 3 is 2.48 bits per heavy atom. The smallest absolute Gasteiger partial charge is 0.259 e. The molecule has 0 aromatic heterocycles. The fourth-order valence-electron chi connectivity index (χ4n) is 2.57. The quantitative estimate of drug-likeness (QED) is 0.249. The number of carbonyl (C=O) groups is 2. The molecule has 8 heteroatoms. The predicted molar refractivity (Wildman–Crippen MR) is 129 cm³/mol. The summed E-state index contributed by atoms with van der Waals surface area (Å²) in [5.74, 6) is -0.123. The number of ether oxygens (including phenoxy) is 1. The van der Waals surface area contributed by atoms with Gasteiger partial charge in [0.15, 0.2) is 0 Å². The highest BCUT2D eigenvalue weighted by Gasteiger charge is 2.10. The van der Waals surface area contributed by atoms with Crippen molar-refractivity contribution in [1.29, 1.82) is 0 Å². The molecule has 0 aliphatic heterocycles. The summed E-state index contributed by atoms with van der Waals surface area (Å²) in [6.45, 7) is 0.189. The molecule has 158 valence electrons. The monoisotopic (exact) mass is 547 g/mol. The van der Waals surface area contributed by atoms with E-state index < -0.39 is 5.91 Å². The van der Waals surface area contributed by atoms with Gasteiger partial charge in [-0.2, -0.15) is 5.10 Å². The third kappa shape index (κ3) is 7.08. The molecule has 0 heterocycles. The number of amides is 2. The van der Waals surface area contributed by atoms with Gasteiger partial charge >= 0.3 is 0 Å². The van der Waals surface area contributed by atoms with Gasteiger partial charge in [0, 0.05) is 14.2 Å². The van der Waals surface area contributed by atoms with Gasteiger partial charge in [-0.05, 0) is 64.6 Å². The van der Waals surface area contributed by atoms with Gasteiger partial charge in [0.1, 0.15) is 12.4 Å². The number of carbonyl (C=O) groups excluding carboxylic acids is 2. The van der Waals surface area contributed by atoms with E-state index in [9.17, 15) is 9.59 Å². The molecule has 0 saturated carbocycles. The van der Waals surface area contributed by atoms with Crippen molar-refractivity contribution in [3.8, 4) is 5.75 Å². The Balaban J connectivity index is 1.51. The van der Waals surface area contributed by atoms with E-state index in [0.29, 0.717) is 28.5 Å². The maximum Gasteiger partial charge on any atom is 0.259 e. The van der Waals surface area contributed by atoms with Gasteiger partial charge in [0.05, 0.1) is 18.3 Å². The SMILES string of the molecule is O=C(CNC(=O)c1ccccc1I)N/N=C/c1ccccc1OCc1ccc(Cl)cc1. The predicted octanol–water partition coefficient (Wildman–Crippen LogP) is 4.40. The molecule has 6 nitrogen and oxygen atoms in total. The van der Waals surface area contributed by atoms with E-state index in [-0.39, 0.29) is 12.5 Å². The van der Waals surface area contributed by atoms with Gasteiger partial charge in [-0.25, -0.2) is 5.43 Å². The molecule has 3 rings (SSSR count). The van der Waals surface area contributed by atoms with Gasteiger partial charge < -0.3 is 10.1 Å². The second-order valence-electron chi connectivity index (χ2n) is 6.41. The van der Waals surface area contributed by atoms with Crippen LogP contribution < -0.4 is 15.5 Å². The van der Waals surface area contributed by atoms with Crippen molar-refractivity contribution in [3.05, 3.63) is 98.1 Å². The topological polar surface area (TPSA) is 79.8 Å². The Morgan fingerprint density at radius 2 is 1.71 bits per heavy atom. The fourth-order valence-corrected chi connectivity index (χ4v) is 3.33. The van der Waals surface area contributed by atoms with Crippen molar-refractivity contribution >= 4 is 52.2 Å². The van der Waals surface area contributed by atoms with Crippen LogP contribution in [-0.2, 0) is 11.4 Å². The fraction of sp³-hybridized carbons (Fsp3) is 0.0870. The van der Waals surface area contributed by atoms with Crippen molar-refractivity contribution < 1.29 is 14.3 Å². The Labute approximate surface area is 198 Å². The van der Waals surface area contributed by atoms with E-state index in [1.807, 2.05) is 48.5 Å². The standard InChI is InChI=1S/C23H19ClIN3O3/c24-18-11-9-16(10-12-18)15-31-21-8-4-1-5-17(21)13-27-28-22(29)14-26-23(30)19-6-2-3-7-20(19)25/h1-13H,14-15H2,(H,26,30)(H,28,29)/b27-13+.